The van der Waals surface area contributed by atoms with Gasteiger partial charge in [0, 0.05) is 5.16 Å². The van der Waals surface area contributed by atoms with Gasteiger partial charge in [-0.1, -0.05) is 47.7 Å². The van der Waals surface area contributed by atoms with Crippen molar-refractivity contribution in [1.29, 1.82) is 0 Å². The number of nitrogens with one attached hydrogen (secondary N) is 4. The maximum Gasteiger partial charge on any atom is 2.00 e. The second kappa shape index (κ2) is 15.1. The summed E-state index contributed by atoms with van der Waals surface area (Å²) in [6, 6.07) is 17.1. The van der Waals surface area contributed by atoms with Crippen LogP contribution < -0.4 is 21.3 Å². The van der Waals surface area contributed by atoms with Gasteiger partial charge in [0.05, 0.1) is 12.3 Å². The van der Waals surface area contributed by atoms with Crippen LogP contribution in [-0.2, 0) is 28.4 Å². The molecule has 37 heavy (non-hydrogen) atoms. The van der Waals surface area contributed by atoms with Gasteiger partial charge in [-0.05, 0) is 62.2 Å². The normalized spacial score (nSPS) is 18.3. The van der Waals surface area contributed by atoms with Gasteiger partial charge in [-0.3, -0.25) is 0 Å². The van der Waals surface area contributed by atoms with Crippen LogP contribution in [0.25, 0.3) is 0 Å². The summed E-state index contributed by atoms with van der Waals surface area (Å²) < 4.78 is 0. The second-order valence-corrected chi connectivity index (χ2v) is 16.2. The van der Waals surface area contributed by atoms with Crippen LogP contribution in [0.4, 0.5) is 0 Å². The largest absolute Gasteiger partial charge is 2.00 e. The maximum atomic E-state index is 3.80. The van der Waals surface area contributed by atoms with E-state index < -0.39 is 0 Å². The molecule has 1 atom stereocenters. The quantitative estimate of drug-likeness (QED) is 0.164. The van der Waals surface area contributed by atoms with Crippen LogP contribution >= 0.6 is 17.2 Å². The molecule has 4 rings (SSSR count). The fraction of sp³-hybridized carbons (Fsp3) is 0.667. The molecule has 0 amide bonds. The van der Waals surface area contributed by atoms with Gasteiger partial charge in [-0.15, -0.1) is 22.7 Å². The summed E-state index contributed by atoms with van der Waals surface area (Å²) in [5.74, 6) is 0. The average molecular weight is 587 g/mol. The fourth-order valence-corrected chi connectivity index (χ4v) is 10.2. The van der Waals surface area contributed by atoms with Crippen LogP contribution in [0.2, 0.25) is 0 Å². The van der Waals surface area contributed by atoms with Crippen molar-refractivity contribution in [2.24, 2.45) is 0 Å². The van der Waals surface area contributed by atoms with Crippen molar-refractivity contribution in [2.45, 2.75) is 101 Å². The van der Waals surface area contributed by atoms with Gasteiger partial charge in [-0.2, -0.15) is 35.9 Å². The molecule has 0 saturated carbocycles. The molecule has 2 aliphatic heterocycles. The summed E-state index contributed by atoms with van der Waals surface area (Å²) >= 11 is 0. The molecule has 2 aromatic rings. The maximum absolute atomic E-state index is 3.80. The van der Waals surface area contributed by atoms with Gasteiger partial charge in [0.15, 0.2) is 0 Å². The first-order valence-electron chi connectivity index (χ1n) is 14.1. The van der Waals surface area contributed by atoms with E-state index in [-0.39, 0.29) is 42.5 Å². The molecular formula is C30H52FeN4P2. The predicted octanol–water partition coefficient (Wildman–Crippen LogP) is 6.06. The van der Waals surface area contributed by atoms with Crippen molar-refractivity contribution in [1.82, 2.24) is 21.3 Å². The summed E-state index contributed by atoms with van der Waals surface area (Å²) in [5, 5.41) is 15.8. The van der Waals surface area contributed by atoms with Gasteiger partial charge >= 0.3 is 17.1 Å². The molecule has 2 aliphatic rings. The third-order valence-corrected chi connectivity index (χ3v) is 13.7. The van der Waals surface area contributed by atoms with Crippen molar-refractivity contribution in [3.05, 3.63) is 59.7 Å². The van der Waals surface area contributed by atoms with Crippen LogP contribution in [0, 0.1) is 0 Å². The van der Waals surface area contributed by atoms with E-state index in [9.17, 15) is 0 Å². The summed E-state index contributed by atoms with van der Waals surface area (Å²) in [5.41, 5.74) is 3.04. The molecule has 0 spiro atoms. The Kier molecular flexibility index (Phi) is 13.5. The zero-order chi connectivity index (χ0) is 26.2. The molecule has 7 heteroatoms. The molecule has 0 aliphatic carbocycles. The first-order chi connectivity index (χ1) is 17.2. The first kappa shape index (κ1) is 33.1. The van der Waals surface area contributed by atoms with E-state index in [1.54, 1.807) is 5.56 Å². The summed E-state index contributed by atoms with van der Waals surface area (Å²) in [7, 11) is 3.11. The van der Waals surface area contributed by atoms with Crippen LogP contribution in [0.1, 0.15) is 78.4 Å². The number of rotatable bonds is 9. The Morgan fingerprint density at radius 1 is 0.838 bits per heavy atom. The molecule has 2 fully saturated rings. The van der Waals surface area contributed by atoms with Gasteiger partial charge < -0.3 is 21.3 Å². The number of hydrogen-bond acceptors (Lipinski definition) is 4. The van der Waals surface area contributed by atoms with E-state index >= 15 is 0 Å². The molecule has 0 radical (unpaired) electrons. The monoisotopic (exact) mass is 586 g/mol. The van der Waals surface area contributed by atoms with Crippen molar-refractivity contribution in [2.75, 3.05) is 26.2 Å². The standard InChI is InChI=1S/C25H47N4P2.C5H5.Fe/c1-7-23(3,4)31(24(5,6)8-2)18-19-12-9-13-20(19)25(30,21-26-14-10-15-27-21)22-28-16-11-17-29-22;1-2-4-5-3-1;/h9,12-13,21-22,26-29H,7-8,10-11,14-18,30H2,1-6H3;1-5H;/q2*-1;+2. The molecule has 2 heterocycles. The average Bonchev–Trinajstić information content (AvgIpc) is 3.63. The minimum absolute atomic E-state index is 0. The molecule has 0 aromatic heterocycles. The Hall–Kier alpha value is -0.0805. The van der Waals surface area contributed by atoms with E-state index in [4.69, 9.17) is 0 Å². The minimum atomic E-state index is -0.187. The molecule has 0 bridgehead atoms. The van der Waals surface area contributed by atoms with E-state index in [0.29, 0.717) is 10.3 Å². The van der Waals surface area contributed by atoms with Crippen molar-refractivity contribution >= 4 is 17.2 Å². The molecule has 210 valence electrons. The predicted molar refractivity (Wildman–Crippen MR) is 164 cm³/mol. The summed E-state index contributed by atoms with van der Waals surface area (Å²) in [4.78, 5) is 0. The van der Waals surface area contributed by atoms with E-state index in [1.165, 1.54) is 37.4 Å². The zero-order valence-corrected chi connectivity index (χ0v) is 27.2. The van der Waals surface area contributed by atoms with E-state index in [0.717, 1.165) is 26.2 Å². The fourth-order valence-electron chi connectivity index (χ4n) is 5.60. The minimum Gasteiger partial charge on any atom is -0.301 e. The molecule has 2 saturated heterocycles. The van der Waals surface area contributed by atoms with E-state index in [1.807, 2.05) is 30.3 Å². The summed E-state index contributed by atoms with van der Waals surface area (Å²) in [6.45, 7) is 19.1. The van der Waals surface area contributed by atoms with Gasteiger partial charge in [0.25, 0.3) is 0 Å². The summed E-state index contributed by atoms with van der Waals surface area (Å²) in [6.07, 6.45) is 6.53. The number of hydrogen-bond donors (Lipinski definition) is 4. The van der Waals surface area contributed by atoms with Crippen molar-refractivity contribution < 1.29 is 17.1 Å². The smallest absolute Gasteiger partial charge is 0.301 e. The molecule has 2 aromatic carbocycles. The van der Waals surface area contributed by atoms with Crippen LogP contribution in [0.5, 0.6) is 0 Å². The Morgan fingerprint density at radius 2 is 1.30 bits per heavy atom. The zero-order valence-electron chi connectivity index (χ0n) is 24.0. The third-order valence-electron chi connectivity index (χ3n) is 8.50. The van der Waals surface area contributed by atoms with E-state index in [2.05, 4.69) is 90.2 Å². The van der Waals surface area contributed by atoms with Gasteiger partial charge in [0.1, 0.15) is 0 Å². The van der Waals surface area contributed by atoms with Crippen LogP contribution in [0.3, 0.4) is 0 Å². The molecule has 4 N–H and O–H groups in total. The van der Waals surface area contributed by atoms with Gasteiger partial charge in [-0.25, -0.2) is 18.2 Å². The Morgan fingerprint density at radius 3 is 1.68 bits per heavy atom. The molecule has 4 nitrogen and oxygen atoms in total. The molecule has 1 unspecified atom stereocenters. The first-order valence-corrected chi connectivity index (χ1v) is 16.2. The third kappa shape index (κ3) is 8.22. The topological polar surface area (TPSA) is 48.1 Å². The SMILES string of the molecule is CCC(C)(C)P(Cc1cc[cH-]c1C(P)(C1NCCCN1)C1NCCCN1)C(C)(C)CC.[Fe+2].c1cc[cH-]c1. The van der Waals surface area contributed by atoms with Crippen molar-refractivity contribution in [3.8, 4) is 0 Å². The Labute approximate surface area is 241 Å². The Balaban J connectivity index is 0.000000716. The van der Waals surface area contributed by atoms with Gasteiger partial charge in [0.2, 0.25) is 0 Å². The second-order valence-electron chi connectivity index (χ2n) is 11.7. The van der Waals surface area contributed by atoms with Crippen molar-refractivity contribution in [3.63, 3.8) is 0 Å². The van der Waals surface area contributed by atoms with Crippen LogP contribution in [0.15, 0.2) is 48.5 Å². The molecular weight excluding hydrogens is 534 g/mol. The van der Waals surface area contributed by atoms with Crippen LogP contribution in [-0.4, -0.2) is 48.8 Å². The Bertz CT molecular complexity index is 817.